The number of nitrogens with zero attached hydrogens (tertiary/aromatic N) is 4. The second-order valence-corrected chi connectivity index (χ2v) is 9.12. The molecule has 0 amide bonds. The maximum atomic E-state index is 13.7. The average molecular weight is 555 g/mol. The number of hydrogen-bond acceptors (Lipinski definition) is 5. The highest BCUT2D eigenvalue weighted by atomic mass is 19.4. The Morgan fingerprint density at radius 3 is 2.41 bits per heavy atom. The summed E-state index contributed by atoms with van der Waals surface area (Å²) < 4.78 is 47.8. The van der Waals surface area contributed by atoms with Gasteiger partial charge in [0.15, 0.2) is 11.5 Å². The number of para-hydroxylation sites is 1. The number of alkyl halides is 3. The summed E-state index contributed by atoms with van der Waals surface area (Å²) in [7, 11) is 0. The summed E-state index contributed by atoms with van der Waals surface area (Å²) in [5.74, 6) is -1.46. The molecule has 0 saturated heterocycles. The van der Waals surface area contributed by atoms with Gasteiger partial charge in [-0.3, -0.25) is 0 Å². The number of hydrogen-bond donors (Lipinski definition) is 1. The lowest BCUT2D eigenvalue weighted by Crippen LogP contribution is -2.18. The Kier molecular flexibility index (Phi) is 7.27. The standard InChI is InChI=1S/C31H21F3N4O3/c1-19-15-22(21-11-9-20(16-35)10-12-21)13-14-23(19)18-41-27-7-3-2-5-24(27)26-6-4-8-28(37-26)38-29(31(32,33)34)25(17-36-38)30(39)40/h2-15,17H,18H2,1H3,(H,39,40). The lowest BCUT2D eigenvalue weighted by atomic mass is 9.99. The average Bonchev–Trinajstić information content (AvgIpc) is 3.44. The Labute approximate surface area is 232 Å². The molecule has 0 saturated carbocycles. The van der Waals surface area contributed by atoms with E-state index < -0.39 is 23.4 Å². The fourth-order valence-corrected chi connectivity index (χ4v) is 4.38. The van der Waals surface area contributed by atoms with Crippen LogP contribution in [0.1, 0.15) is 32.7 Å². The van der Waals surface area contributed by atoms with Gasteiger partial charge in [-0.05, 0) is 65.6 Å². The number of nitriles is 1. The molecule has 0 aliphatic heterocycles. The third-order valence-electron chi connectivity index (χ3n) is 6.46. The molecule has 204 valence electrons. The molecule has 0 aliphatic rings. The highest BCUT2D eigenvalue weighted by molar-refractivity contribution is 5.89. The molecule has 0 unspecified atom stereocenters. The first-order valence-corrected chi connectivity index (χ1v) is 12.3. The van der Waals surface area contributed by atoms with Crippen LogP contribution in [0.15, 0.2) is 91.1 Å². The van der Waals surface area contributed by atoms with Gasteiger partial charge in [-0.1, -0.05) is 48.5 Å². The minimum atomic E-state index is -4.96. The van der Waals surface area contributed by atoms with Crippen molar-refractivity contribution >= 4 is 5.97 Å². The third-order valence-corrected chi connectivity index (χ3v) is 6.46. The summed E-state index contributed by atoms with van der Waals surface area (Å²) in [5, 5.41) is 21.9. The number of benzene rings is 3. The van der Waals surface area contributed by atoms with E-state index >= 15 is 0 Å². The second kappa shape index (κ2) is 11.0. The molecule has 0 atom stereocenters. The van der Waals surface area contributed by atoms with Crippen LogP contribution in [0.4, 0.5) is 13.2 Å². The lowest BCUT2D eigenvalue weighted by Gasteiger charge is -2.15. The third kappa shape index (κ3) is 5.65. The van der Waals surface area contributed by atoms with Gasteiger partial charge < -0.3 is 9.84 Å². The molecular formula is C31H21F3N4O3. The molecule has 0 fully saturated rings. The Balaban J connectivity index is 1.41. The number of aryl methyl sites for hydroxylation is 1. The molecule has 7 nitrogen and oxygen atoms in total. The summed E-state index contributed by atoms with van der Waals surface area (Å²) in [5.41, 5.74) is 2.99. The van der Waals surface area contributed by atoms with Crippen LogP contribution in [0.25, 0.3) is 28.2 Å². The SMILES string of the molecule is Cc1cc(-c2ccc(C#N)cc2)ccc1COc1ccccc1-c1cccc(-n2ncc(C(=O)O)c2C(F)(F)F)n1. The Bertz CT molecular complexity index is 1790. The van der Waals surface area contributed by atoms with E-state index in [9.17, 15) is 23.1 Å². The van der Waals surface area contributed by atoms with Crippen LogP contribution in [0, 0.1) is 18.3 Å². The van der Waals surface area contributed by atoms with Gasteiger partial charge in [0.1, 0.15) is 17.9 Å². The van der Waals surface area contributed by atoms with Gasteiger partial charge >= 0.3 is 12.1 Å². The number of aromatic nitrogens is 3. The first-order chi connectivity index (χ1) is 19.7. The zero-order valence-corrected chi connectivity index (χ0v) is 21.6. The van der Waals surface area contributed by atoms with Crippen LogP contribution in [0.5, 0.6) is 5.75 Å². The maximum absolute atomic E-state index is 13.7. The number of pyridine rings is 1. The minimum absolute atomic E-state index is 0.189. The molecule has 2 aromatic heterocycles. The topological polar surface area (TPSA) is 101 Å². The van der Waals surface area contributed by atoms with E-state index in [1.165, 1.54) is 12.1 Å². The van der Waals surface area contributed by atoms with Gasteiger partial charge in [0.05, 0.1) is 23.5 Å². The molecular weight excluding hydrogens is 533 g/mol. The van der Waals surface area contributed by atoms with Crippen LogP contribution in [-0.4, -0.2) is 25.8 Å². The van der Waals surface area contributed by atoms with Crippen LogP contribution >= 0.6 is 0 Å². The van der Waals surface area contributed by atoms with Crippen LogP contribution in [0.2, 0.25) is 0 Å². The van der Waals surface area contributed by atoms with Crippen molar-refractivity contribution in [1.29, 1.82) is 5.26 Å². The van der Waals surface area contributed by atoms with Gasteiger partial charge in [0.25, 0.3) is 0 Å². The summed E-state index contributed by atoms with van der Waals surface area (Å²) in [4.78, 5) is 15.7. The minimum Gasteiger partial charge on any atom is -0.488 e. The fraction of sp³-hybridized carbons (Fsp3) is 0.0968. The smallest absolute Gasteiger partial charge is 0.434 e. The molecule has 0 spiro atoms. The van der Waals surface area contributed by atoms with Crippen molar-refractivity contribution in [2.75, 3.05) is 0 Å². The first kappa shape index (κ1) is 27.1. The van der Waals surface area contributed by atoms with Crippen molar-refractivity contribution in [2.24, 2.45) is 0 Å². The van der Waals surface area contributed by atoms with Gasteiger partial charge in [-0.15, -0.1) is 0 Å². The van der Waals surface area contributed by atoms with E-state index in [1.54, 1.807) is 42.5 Å². The highest BCUT2D eigenvalue weighted by Crippen LogP contribution is 2.35. The predicted molar refractivity (Wildman–Crippen MR) is 144 cm³/mol. The monoisotopic (exact) mass is 554 g/mol. The number of halogens is 3. The number of ether oxygens (including phenoxy) is 1. The van der Waals surface area contributed by atoms with Crippen molar-refractivity contribution in [3.8, 4) is 40.0 Å². The van der Waals surface area contributed by atoms with Crippen molar-refractivity contribution in [3.05, 3.63) is 119 Å². The largest absolute Gasteiger partial charge is 0.488 e. The van der Waals surface area contributed by atoms with Gasteiger partial charge in [-0.25, -0.2) is 14.5 Å². The first-order valence-electron chi connectivity index (χ1n) is 12.3. The molecule has 2 heterocycles. The molecule has 0 radical (unpaired) electrons. The molecule has 1 N–H and O–H groups in total. The number of carboxylic acids is 1. The number of carboxylic acid groups (broad SMARTS) is 1. The van der Waals surface area contributed by atoms with E-state index in [4.69, 9.17) is 10.00 Å². The normalized spacial score (nSPS) is 11.2. The van der Waals surface area contributed by atoms with Crippen LogP contribution in [-0.2, 0) is 12.8 Å². The van der Waals surface area contributed by atoms with Crippen molar-refractivity contribution < 1.29 is 27.8 Å². The molecule has 10 heteroatoms. The predicted octanol–water partition coefficient (Wildman–Crippen LogP) is 7.08. The molecule has 0 aliphatic carbocycles. The van der Waals surface area contributed by atoms with E-state index in [0.717, 1.165) is 22.3 Å². The second-order valence-electron chi connectivity index (χ2n) is 9.12. The molecule has 0 bridgehead atoms. The summed E-state index contributed by atoms with van der Waals surface area (Å²) in [6, 6.07) is 26.9. The van der Waals surface area contributed by atoms with Crippen LogP contribution in [0.3, 0.4) is 0 Å². The van der Waals surface area contributed by atoms with Gasteiger partial charge in [-0.2, -0.15) is 23.5 Å². The Morgan fingerprint density at radius 1 is 1.00 bits per heavy atom. The summed E-state index contributed by atoms with van der Waals surface area (Å²) in [6.07, 6.45) is -4.30. The zero-order chi connectivity index (χ0) is 29.1. The van der Waals surface area contributed by atoms with Crippen molar-refractivity contribution in [3.63, 3.8) is 0 Å². The van der Waals surface area contributed by atoms with Crippen LogP contribution < -0.4 is 4.74 Å². The lowest BCUT2D eigenvalue weighted by molar-refractivity contribution is -0.143. The number of rotatable bonds is 7. The highest BCUT2D eigenvalue weighted by Gasteiger charge is 2.41. The Morgan fingerprint density at radius 2 is 1.73 bits per heavy atom. The van der Waals surface area contributed by atoms with Crippen molar-refractivity contribution in [2.45, 2.75) is 19.7 Å². The summed E-state index contributed by atoms with van der Waals surface area (Å²) >= 11 is 0. The van der Waals surface area contributed by atoms with E-state index in [-0.39, 0.29) is 12.4 Å². The molecule has 5 aromatic rings. The number of aromatic carboxylic acids is 1. The molecule has 41 heavy (non-hydrogen) atoms. The van der Waals surface area contributed by atoms with E-state index in [2.05, 4.69) is 16.2 Å². The van der Waals surface area contributed by atoms with E-state index in [1.807, 2.05) is 37.3 Å². The molecule has 5 rings (SSSR count). The fourth-order valence-electron chi connectivity index (χ4n) is 4.38. The number of carbonyl (C=O) groups is 1. The van der Waals surface area contributed by atoms with Crippen molar-refractivity contribution in [1.82, 2.24) is 14.8 Å². The zero-order valence-electron chi connectivity index (χ0n) is 21.6. The summed E-state index contributed by atoms with van der Waals surface area (Å²) in [6.45, 7) is 2.20. The maximum Gasteiger partial charge on any atom is 0.434 e. The van der Waals surface area contributed by atoms with E-state index in [0.29, 0.717) is 33.4 Å². The van der Waals surface area contributed by atoms with Gasteiger partial charge in [0, 0.05) is 5.56 Å². The van der Waals surface area contributed by atoms with Gasteiger partial charge in [0.2, 0.25) is 0 Å². The quantitative estimate of drug-likeness (QED) is 0.231. The Hall–Kier alpha value is -5.43. The molecule has 3 aromatic carbocycles.